The Hall–Kier alpha value is -1.50. The van der Waals surface area contributed by atoms with Gasteiger partial charge in [-0.05, 0) is 42.9 Å². The number of aliphatic hydroxyl groups excluding tert-OH is 1. The molecule has 0 spiro atoms. The van der Waals surface area contributed by atoms with Crippen LogP contribution in [0.25, 0.3) is 0 Å². The summed E-state index contributed by atoms with van der Waals surface area (Å²) in [5.74, 6) is 1.82. The van der Waals surface area contributed by atoms with Gasteiger partial charge in [-0.25, -0.2) is 0 Å². The van der Waals surface area contributed by atoms with Crippen LogP contribution in [0.5, 0.6) is 11.5 Å². The molecule has 4 unspecified atom stereocenters. The topological polar surface area (TPSA) is 79.8 Å². The van der Waals surface area contributed by atoms with Gasteiger partial charge in [0, 0.05) is 18.7 Å². The molecule has 26 heavy (non-hydrogen) atoms. The fourth-order valence-electron chi connectivity index (χ4n) is 3.98. The normalized spacial score (nSPS) is 25.6. The van der Waals surface area contributed by atoms with E-state index < -0.39 is 6.10 Å². The number of rotatable bonds is 6. The van der Waals surface area contributed by atoms with E-state index in [0.717, 1.165) is 6.42 Å². The van der Waals surface area contributed by atoms with Crippen LogP contribution in [0.2, 0.25) is 0 Å². The standard InChI is InChI=1S/C19H28N2O4.ClH/c1-24-14-7-13(8-15(10-14)25-2)18(22)11-20-19(23)17-9-12-5-3-4-6-16(12)21-17;/h7-8,10,12,16-18,21-22H,3-6,9,11H2,1-2H3,(H,20,23);1H. The molecule has 1 heterocycles. The van der Waals surface area contributed by atoms with E-state index in [2.05, 4.69) is 10.6 Å². The summed E-state index contributed by atoms with van der Waals surface area (Å²) in [5.41, 5.74) is 0.657. The molecule has 1 aliphatic heterocycles. The zero-order valence-corrected chi connectivity index (χ0v) is 16.2. The number of aliphatic hydroxyl groups is 1. The third-order valence-electron chi connectivity index (χ3n) is 5.41. The van der Waals surface area contributed by atoms with Crippen molar-refractivity contribution in [3.05, 3.63) is 23.8 Å². The number of carbonyl (C=O) groups excluding carboxylic acids is 1. The highest BCUT2D eigenvalue weighted by Crippen LogP contribution is 2.33. The molecule has 1 aliphatic carbocycles. The highest BCUT2D eigenvalue weighted by molar-refractivity contribution is 5.85. The summed E-state index contributed by atoms with van der Waals surface area (Å²) >= 11 is 0. The van der Waals surface area contributed by atoms with Gasteiger partial charge in [0.2, 0.25) is 5.91 Å². The fraction of sp³-hybridized carbons (Fsp3) is 0.632. The molecule has 0 bridgehead atoms. The van der Waals surface area contributed by atoms with E-state index in [1.807, 2.05) is 0 Å². The second-order valence-corrected chi connectivity index (χ2v) is 7.01. The average molecular weight is 385 g/mol. The third-order valence-corrected chi connectivity index (χ3v) is 5.41. The number of fused-ring (bicyclic) bond motifs is 1. The van der Waals surface area contributed by atoms with Gasteiger partial charge >= 0.3 is 0 Å². The lowest BCUT2D eigenvalue weighted by atomic mass is 9.85. The van der Waals surface area contributed by atoms with E-state index in [1.54, 1.807) is 32.4 Å². The van der Waals surface area contributed by atoms with E-state index in [4.69, 9.17) is 9.47 Å². The minimum absolute atomic E-state index is 0. The van der Waals surface area contributed by atoms with Crippen molar-refractivity contribution in [1.82, 2.24) is 10.6 Å². The maximum absolute atomic E-state index is 12.4. The first-order valence-electron chi connectivity index (χ1n) is 9.05. The Balaban J connectivity index is 0.00000243. The number of ether oxygens (including phenoxy) is 2. The molecular formula is C19H29ClN2O4. The molecule has 6 nitrogen and oxygen atoms in total. The van der Waals surface area contributed by atoms with Crippen molar-refractivity contribution in [2.24, 2.45) is 5.92 Å². The van der Waals surface area contributed by atoms with Crippen LogP contribution >= 0.6 is 12.4 Å². The van der Waals surface area contributed by atoms with Crippen LogP contribution in [0.1, 0.15) is 43.8 Å². The predicted octanol–water partition coefficient (Wildman–Crippen LogP) is 2.20. The number of methoxy groups -OCH3 is 2. The van der Waals surface area contributed by atoms with Crippen LogP contribution in [0.4, 0.5) is 0 Å². The lowest BCUT2D eigenvalue weighted by Crippen LogP contribution is -2.44. The first kappa shape index (κ1) is 20.8. The number of hydrogen-bond donors (Lipinski definition) is 3. The quantitative estimate of drug-likeness (QED) is 0.700. The van der Waals surface area contributed by atoms with Crippen molar-refractivity contribution in [2.75, 3.05) is 20.8 Å². The smallest absolute Gasteiger partial charge is 0.237 e. The predicted molar refractivity (Wildman–Crippen MR) is 102 cm³/mol. The molecule has 2 aliphatic rings. The first-order chi connectivity index (χ1) is 12.1. The first-order valence-corrected chi connectivity index (χ1v) is 9.05. The van der Waals surface area contributed by atoms with Crippen LogP contribution in [0, 0.1) is 5.92 Å². The summed E-state index contributed by atoms with van der Waals surface area (Å²) in [6.45, 7) is 0.169. The summed E-state index contributed by atoms with van der Waals surface area (Å²) < 4.78 is 10.4. The van der Waals surface area contributed by atoms with Gasteiger partial charge in [0.25, 0.3) is 0 Å². The van der Waals surface area contributed by atoms with Crippen LogP contribution in [-0.4, -0.2) is 43.9 Å². The van der Waals surface area contributed by atoms with Crippen LogP contribution < -0.4 is 20.1 Å². The van der Waals surface area contributed by atoms with Crippen LogP contribution in [0.15, 0.2) is 18.2 Å². The van der Waals surface area contributed by atoms with Crippen molar-refractivity contribution in [1.29, 1.82) is 0 Å². The van der Waals surface area contributed by atoms with Gasteiger partial charge in [0.15, 0.2) is 0 Å². The van der Waals surface area contributed by atoms with E-state index in [-0.39, 0.29) is 30.9 Å². The van der Waals surface area contributed by atoms with E-state index in [9.17, 15) is 9.90 Å². The molecular weight excluding hydrogens is 356 g/mol. The van der Waals surface area contributed by atoms with Gasteiger partial charge in [0.05, 0.1) is 26.4 Å². The summed E-state index contributed by atoms with van der Waals surface area (Å²) in [4.78, 5) is 12.4. The molecule has 2 fully saturated rings. The molecule has 1 amide bonds. The fourth-order valence-corrected chi connectivity index (χ4v) is 3.98. The lowest BCUT2D eigenvalue weighted by molar-refractivity contribution is -0.123. The average Bonchev–Trinajstić information content (AvgIpc) is 3.09. The monoisotopic (exact) mass is 384 g/mol. The van der Waals surface area contributed by atoms with E-state index >= 15 is 0 Å². The summed E-state index contributed by atoms with van der Waals surface area (Å²) in [6.07, 6.45) is 5.00. The number of carbonyl (C=O) groups is 1. The largest absolute Gasteiger partial charge is 0.497 e. The summed E-state index contributed by atoms with van der Waals surface area (Å²) in [7, 11) is 3.13. The molecule has 0 radical (unpaired) electrons. The minimum Gasteiger partial charge on any atom is -0.497 e. The Labute approximate surface area is 161 Å². The van der Waals surface area contributed by atoms with Gasteiger partial charge in [-0.2, -0.15) is 0 Å². The summed E-state index contributed by atoms with van der Waals surface area (Å²) in [5, 5.41) is 16.7. The summed E-state index contributed by atoms with van der Waals surface area (Å²) in [6, 6.07) is 5.60. The molecule has 146 valence electrons. The Bertz CT molecular complexity index is 577. The molecule has 1 aromatic rings. The molecule has 1 aromatic carbocycles. The number of nitrogens with one attached hydrogen (secondary N) is 2. The molecule has 4 atom stereocenters. The van der Waals surface area contributed by atoms with Crippen LogP contribution in [-0.2, 0) is 4.79 Å². The van der Waals surface area contributed by atoms with Crippen molar-refractivity contribution in [3.63, 3.8) is 0 Å². The Morgan fingerprint density at radius 2 is 1.88 bits per heavy atom. The Kier molecular flexibility index (Phi) is 7.55. The highest BCUT2D eigenvalue weighted by atomic mass is 35.5. The number of benzene rings is 1. The second-order valence-electron chi connectivity index (χ2n) is 7.01. The maximum Gasteiger partial charge on any atom is 0.237 e. The lowest BCUT2D eigenvalue weighted by Gasteiger charge is -2.24. The van der Waals surface area contributed by atoms with Gasteiger partial charge in [-0.15, -0.1) is 12.4 Å². The molecule has 3 N–H and O–H groups in total. The van der Waals surface area contributed by atoms with E-state index in [0.29, 0.717) is 29.0 Å². The van der Waals surface area contributed by atoms with Gasteiger partial charge in [-0.3, -0.25) is 4.79 Å². The van der Waals surface area contributed by atoms with Gasteiger partial charge < -0.3 is 25.2 Å². The number of halogens is 1. The van der Waals surface area contributed by atoms with E-state index in [1.165, 1.54) is 25.7 Å². The Morgan fingerprint density at radius 1 is 1.23 bits per heavy atom. The maximum atomic E-state index is 12.4. The molecule has 7 heteroatoms. The molecule has 1 saturated carbocycles. The van der Waals surface area contributed by atoms with Crippen molar-refractivity contribution < 1.29 is 19.4 Å². The number of hydrogen-bond acceptors (Lipinski definition) is 5. The molecule has 1 saturated heterocycles. The van der Waals surface area contributed by atoms with Crippen molar-refractivity contribution >= 4 is 18.3 Å². The zero-order chi connectivity index (χ0) is 17.8. The number of amides is 1. The van der Waals surface area contributed by atoms with Crippen LogP contribution in [0.3, 0.4) is 0 Å². The van der Waals surface area contributed by atoms with Crippen molar-refractivity contribution in [2.45, 2.75) is 50.3 Å². The molecule has 3 rings (SSSR count). The van der Waals surface area contributed by atoms with Crippen molar-refractivity contribution in [3.8, 4) is 11.5 Å². The minimum atomic E-state index is -0.809. The third kappa shape index (κ3) is 4.81. The van der Waals surface area contributed by atoms with Gasteiger partial charge in [0.1, 0.15) is 11.5 Å². The highest BCUT2D eigenvalue weighted by Gasteiger charge is 2.38. The second kappa shape index (κ2) is 9.44. The molecule has 0 aromatic heterocycles. The van der Waals surface area contributed by atoms with Gasteiger partial charge in [-0.1, -0.05) is 12.8 Å². The zero-order valence-electron chi connectivity index (χ0n) is 15.4. The Morgan fingerprint density at radius 3 is 2.50 bits per heavy atom. The SMILES string of the molecule is COc1cc(OC)cc(C(O)CNC(=O)C2CC3CCCCC3N2)c1.Cl.